The number of nitrogens with zero attached hydrogens (tertiary/aromatic N) is 2. The van der Waals surface area contributed by atoms with Crippen LogP contribution in [-0.4, -0.2) is 50.5 Å². The summed E-state index contributed by atoms with van der Waals surface area (Å²) in [4.78, 5) is 8.68. The van der Waals surface area contributed by atoms with Gasteiger partial charge >= 0.3 is 0 Å². The number of anilines is 2. The van der Waals surface area contributed by atoms with Crippen LogP contribution in [0.15, 0.2) is 6.07 Å². The van der Waals surface area contributed by atoms with Crippen molar-refractivity contribution in [1.82, 2.24) is 9.97 Å². The van der Waals surface area contributed by atoms with E-state index in [-0.39, 0.29) is 0 Å². The Labute approximate surface area is 108 Å². The second-order valence-corrected chi connectivity index (χ2v) is 3.91. The fourth-order valence-electron chi connectivity index (χ4n) is 1.44. The molecule has 1 aromatic rings. The molecule has 0 saturated heterocycles. The number of hydrogen-bond acceptors (Lipinski definition) is 6. The van der Waals surface area contributed by atoms with Crippen molar-refractivity contribution in [2.24, 2.45) is 0 Å². The van der Waals surface area contributed by atoms with Gasteiger partial charge in [0.1, 0.15) is 5.82 Å². The number of methoxy groups -OCH3 is 2. The zero-order valence-electron chi connectivity index (χ0n) is 11.3. The smallest absolute Gasteiger partial charge is 0.224 e. The average molecular weight is 254 g/mol. The lowest BCUT2D eigenvalue weighted by Crippen LogP contribution is -2.12. The van der Waals surface area contributed by atoms with Crippen LogP contribution in [0.3, 0.4) is 0 Å². The van der Waals surface area contributed by atoms with Gasteiger partial charge in [-0.15, -0.1) is 0 Å². The van der Waals surface area contributed by atoms with Crippen LogP contribution < -0.4 is 10.6 Å². The summed E-state index contributed by atoms with van der Waals surface area (Å²) < 4.78 is 9.96. The van der Waals surface area contributed by atoms with Gasteiger partial charge in [-0.3, -0.25) is 0 Å². The molecule has 0 aromatic carbocycles. The molecule has 0 saturated carbocycles. The van der Waals surface area contributed by atoms with Gasteiger partial charge in [0.15, 0.2) is 0 Å². The third-order valence-corrected chi connectivity index (χ3v) is 2.27. The highest BCUT2D eigenvalue weighted by Crippen LogP contribution is 2.09. The molecule has 1 rings (SSSR count). The van der Waals surface area contributed by atoms with E-state index in [1.54, 1.807) is 14.2 Å². The summed E-state index contributed by atoms with van der Waals surface area (Å²) >= 11 is 0. The van der Waals surface area contributed by atoms with E-state index in [1.165, 1.54) is 0 Å². The summed E-state index contributed by atoms with van der Waals surface area (Å²) in [7, 11) is 3.37. The molecule has 1 aromatic heterocycles. The van der Waals surface area contributed by atoms with Gasteiger partial charge in [-0.25, -0.2) is 4.98 Å². The van der Waals surface area contributed by atoms with Crippen molar-refractivity contribution >= 4 is 11.8 Å². The first-order chi connectivity index (χ1) is 8.76. The average Bonchev–Trinajstić information content (AvgIpc) is 2.34. The van der Waals surface area contributed by atoms with Crippen molar-refractivity contribution in [2.75, 3.05) is 51.2 Å². The molecule has 0 unspecified atom stereocenters. The van der Waals surface area contributed by atoms with E-state index in [9.17, 15) is 0 Å². The Bertz CT molecular complexity index is 347. The lowest BCUT2D eigenvalue weighted by atomic mass is 10.4. The van der Waals surface area contributed by atoms with Gasteiger partial charge in [0.2, 0.25) is 5.95 Å². The van der Waals surface area contributed by atoms with Gasteiger partial charge in [-0.05, 0) is 13.3 Å². The summed E-state index contributed by atoms with van der Waals surface area (Å²) in [5.41, 5.74) is 0.930. The van der Waals surface area contributed by atoms with E-state index in [4.69, 9.17) is 9.47 Å². The van der Waals surface area contributed by atoms with Gasteiger partial charge in [0, 0.05) is 45.7 Å². The van der Waals surface area contributed by atoms with E-state index in [0.29, 0.717) is 19.1 Å². The topological polar surface area (TPSA) is 68.3 Å². The Kier molecular flexibility index (Phi) is 7.05. The summed E-state index contributed by atoms with van der Waals surface area (Å²) in [5.74, 6) is 1.46. The second-order valence-electron chi connectivity index (χ2n) is 3.91. The highest BCUT2D eigenvalue weighted by molar-refractivity contribution is 5.42. The molecule has 1 heterocycles. The van der Waals surface area contributed by atoms with Gasteiger partial charge in [0.05, 0.1) is 6.61 Å². The molecule has 18 heavy (non-hydrogen) atoms. The van der Waals surface area contributed by atoms with Crippen molar-refractivity contribution in [1.29, 1.82) is 0 Å². The Morgan fingerprint density at radius 3 is 2.56 bits per heavy atom. The first kappa shape index (κ1) is 14.7. The minimum atomic E-state index is 0.626. The molecule has 0 radical (unpaired) electrons. The third-order valence-electron chi connectivity index (χ3n) is 2.27. The predicted octanol–water partition coefficient (Wildman–Crippen LogP) is 1.29. The van der Waals surface area contributed by atoms with Crippen molar-refractivity contribution in [3.8, 4) is 0 Å². The number of aromatic nitrogens is 2. The standard InChI is InChI=1S/C12H22N4O2/c1-10-9-11(13-5-4-7-17-2)16-12(15-10)14-6-8-18-3/h9H,4-8H2,1-3H3,(H2,13,14,15,16). The Morgan fingerprint density at radius 1 is 1.06 bits per heavy atom. The second kappa shape index (κ2) is 8.66. The van der Waals surface area contributed by atoms with Crippen LogP contribution in [0.25, 0.3) is 0 Å². The first-order valence-electron chi connectivity index (χ1n) is 6.07. The van der Waals surface area contributed by atoms with Crippen molar-refractivity contribution in [2.45, 2.75) is 13.3 Å². The number of ether oxygens (including phenoxy) is 2. The van der Waals surface area contributed by atoms with Crippen molar-refractivity contribution in [3.05, 3.63) is 11.8 Å². The lowest BCUT2D eigenvalue weighted by molar-refractivity contribution is 0.198. The van der Waals surface area contributed by atoms with Crippen molar-refractivity contribution in [3.63, 3.8) is 0 Å². The van der Waals surface area contributed by atoms with Crippen LogP contribution in [0, 0.1) is 6.92 Å². The minimum absolute atomic E-state index is 0.626. The number of nitrogens with one attached hydrogen (secondary N) is 2. The molecular formula is C12H22N4O2. The summed E-state index contributed by atoms with van der Waals surface area (Å²) in [6.07, 6.45) is 0.950. The lowest BCUT2D eigenvalue weighted by Gasteiger charge is -2.09. The Balaban J connectivity index is 2.46. The SMILES string of the molecule is COCCCNc1cc(C)nc(NCCOC)n1. The number of hydrogen-bond donors (Lipinski definition) is 2. The molecule has 6 nitrogen and oxygen atoms in total. The van der Waals surface area contributed by atoms with E-state index >= 15 is 0 Å². The highest BCUT2D eigenvalue weighted by atomic mass is 16.5. The number of rotatable bonds is 9. The Morgan fingerprint density at radius 2 is 1.83 bits per heavy atom. The molecule has 0 amide bonds. The molecule has 0 atom stereocenters. The maximum atomic E-state index is 4.99. The van der Waals surface area contributed by atoms with E-state index in [0.717, 1.165) is 31.1 Å². The summed E-state index contributed by atoms with van der Waals surface area (Å²) in [5, 5.41) is 6.37. The van der Waals surface area contributed by atoms with Crippen LogP contribution >= 0.6 is 0 Å². The minimum Gasteiger partial charge on any atom is -0.385 e. The molecule has 0 bridgehead atoms. The van der Waals surface area contributed by atoms with E-state index < -0.39 is 0 Å². The zero-order valence-corrected chi connectivity index (χ0v) is 11.3. The fraction of sp³-hybridized carbons (Fsp3) is 0.667. The third kappa shape index (κ3) is 5.79. The van der Waals surface area contributed by atoms with Crippen LogP contribution in [0.2, 0.25) is 0 Å². The molecule has 2 N–H and O–H groups in total. The van der Waals surface area contributed by atoms with Crippen LogP contribution in [0.4, 0.5) is 11.8 Å². The van der Waals surface area contributed by atoms with Crippen LogP contribution in [-0.2, 0) is 9.47 Å². The maximum absolute atomic E-state index is 4.99. The number of aryl methyl sites for hydroxylation is 1. The molecule has 6 heteroatoms. The normalized spacial score (nSPS) is 10.4. The predicted molar refractivity (Wildman–Crippen MR) is 72.1 cm³/mol. The maximum Gasteiger partial charge on any atom is 0.224 e. The van der Waals surface area contributed by atoms with Crippen LogP contribution in [0.1, 0.15) is 12.1 Å². The van der Waals surface area contributed by atoms with E-state index in [1.807, 2.05) is 13.0 Å². The zero-order chi connectivity index (χ0) is 13.2. The molecule has 0 aliphatic heterocycles. The molecule has 102 valence electrons. The first-order valence-corrected chi connectivity index (χ1v) is 6.07. The molecule has 0 fully saturated rings. The van der Waals surface area contributed by atoms with Gasteiger partial charge < -0.3 is 20.1 Å². The van der Waals surface area contributed by atoms with Gasteiger partial charge in [-0.1, -0.05) is 0 Å². The molecule has 0 aliphatic carbocycles. The molecular weight excluding hydrogens is 232 g/mol. The largest absolute Gasteiger partial charge is 0.385 e. The summed E-state index contributed by atoms with van der Waals surface area (Å²) in [6, 6.07) is 1.92. The monoisotopic (exact) mass is 254 g/mol. The quantitative estimate of drug-likeness (QED) is 0.647. The van der Waals surface area contributed by atoms with Crippen LogP contribution in [0.5, 0.6) is 0 Å². The van der Waals surface area contributed by atoms with E-state index in [2.05, 4.69) is 20.6 Å². The summed E-state index contributed by atoms with van der Waals surface area (Å²) in [6.45, 7) is 4.86. The van der Waals surface area contributed by atoms with Crippen molar-refractivity contribution < 1.29 is 9.47 Å². The fourth-order valence-corrected chi connectivity index (χ4v) is 1.44. The Hall–Kier alpha value is -1.40. The van der Waals surface area contributed by atoms with Gasteiger partial charge in [0.25, 0.3) is 0 Å². The molecule has 0 spiro atoms. The highest BCUT2D eigenvalue weighted by Gasteiger charge is 2.01. The molecule has 0 aliphatic rings. The van der Waals surface area contributed by atoms with Gasteiger partial charge in [-0.2, -0.15) is 4.98 Å².